The van der Waals surface area contributed by atoms with E-state index in [0.717, 1.165) is 35.7 Å². The lowest BCUT2D eigenvalue weighted by molar-refractivity contribution is -0.125. The number of nitrogens with zero attached hydrogens (tertiary/aromatic N) is 2. The van der Waals surface area contributed by atoms with E-state index in [1.54, 1.807) is 18.2 Å². The third-order valence-electron chi connectivity index (χ3n) is 7.51. The molecule has 2 fully saturated rings. The Kier molecular flexibility index (Phi) is 7.11. The smallest absolute Gasteiger partial charge is 0.266 e. The van der Waals surface area contributed by atoms with Gasteiger partial charge in [0.05, 0.1) is 16.4 Å². The van der Waals surface area contributed by atoms with Crippen LogP contribution in [0.25, 0.3) is 0 Å². The molecular formula is C28H31N3O6S. The Hall–Kier alpha value is -3.50. The average molecular weight is 538 g/mol. The molecular weight excluding hydrogens is 506 g/mol. The number of piperidine rings is 2. The molecule has 10 heteroatoms. The van der Waals surface area contributed by atoms with Gasteiger partial charge >= 0.3 is 0 Å². The van der Waals surface area contributed by atoms with Crippen molar-refractivity contribution in [2.24, 2.45) is 0 Å². The summed E-state index contributed by atoms with van der Waals surface area (Å²) < 4.78 is 29.5. The molecule has 0 spiro atoms. The maximum Gasteiger partial charge on any atom is 0.266 e. The molecule has 1 N–H and O–H groups in total. The second kappa shape index (κ2) is 10.3. The average Bonchev–Trinajstić information content (AvgIpc) is 3.14. The fourth-order valence-corrected chi connectivity index (χ4v) is 6.41. The summed E-state index contributed by atoms with van der Waals surface area (Å²) in [6, 6.07) is 12.0. The van der Waals surface area contributed by atoms with Crippen LogP contribution in [-0.4, -0.2) is 66.6 Å². The molecule has 0 saturated carbocycles. The van der Waals surface area contributed by atoms with Gasteiger partial charge in [-0.2, -0.15) is 0 Å². The van der Waals surface area contributed by atoms with Gasteiger partial charge in [-0.05, 0) is 62.0 Å². The largest absolute Gasteiger partial charge is 0.488 e. The van der Waals surface area contributed by atoms with Gasteiger partial charge in [-0.15, -0.1) is 0 Å². The molecule has 3 aliphatic rings. The SMILES string of the molecule is C=C1CCC(N2C(=O)c3cccc(OCc4ccc(CN5CCC(S(C)(=O)=O)CC5)cc4)c3C2=O)C(=O)N1. The van der Waals surface area contributed by atoms with Gasteiger partial charge in [0.1, 0.15) is 28.2 Å². The maximum absolute atomic E-state index is 13.3. The van der Waals surface area contributed by atoms with E-state index in [-0.39, 0.29) is 23.0 Å². The van der Waals surface area contributed by atoms with E-state index < -0.39 is 33.6 Å². The lowest BCUT2D eigenvalue weighted by Gasteiger charge is -2.31. The summed E-state index contributed by atoms with van der Waals surface area (Å²) in [5, 5.41) is 2.39. The number of rotatable bonds is 7. The lowest BCUT2D eigenvalue weighted by atomic mass is 10.0. The molecule has 1 unspecified atom stereocenters. The van der Waals surface area contributed by atoms with Crippen LogP contribution in [-0.2, 0) is 27.8 Å². The van der Waals surface area contributed by atoms with Crippen molar-refractivity contribution in [2.45, 2.75) is 50.1 Å². The quantitative estimate of drug-likeness (QED) is 0.541. The highest BCUT2D eigenvalue weighted by Gasteiger charge is 2.45. The van der Waals surface area contributed by atoms with Crippen LogP contribution in [0, 0.1) is 0 Å². The summed E-state index contributed by atoms with van der Waals surface area (Å²) in [7, 11) is -2.98. The van der Waals surface area contributed by atoms with E-state index in [1.807, 2.05) is 24.3 Å². The molecule has 2 saturated heterocycles. The van der Waals surface area contributed by atoms with Crippen LogP contribution in [0.3, 0.4) is 0 Å². The minimum absolute atomic E-state index is 0.184. The van der Waals surface area contributed by atoms with Crippen molar-refractivity contribution in [1.29, 1.82) is 0 Å². The molecule has 0 bridgehead atoms. The number of allylic oxidation sites excluding steroid dienone is 1. The summed E-state index contributed by atoms with van der Waals surface area (Å²) >= 11 is 0. The van der Waals surface area contributed by atoms with Crippen LogP contribution in [0.15, 0.2) is 54.7 Å². The first-order chi connectivity index (χ1) is 18.1. The van der Waals surface area contributed by atoms with Gasteiger partial charge in [-0.25, -0.2) is 8.42 Å². The normalized spacial score (nSPS) is 21.0. The molecule has 5 rings (SSSR count). The number of carbonyl (C=O) groups is 3. The standard InChI is InChI=1S/C28H31N3O6S/c1-18-6-11-23(26(32)29-18)31-27(33)22-4-3-5-24(25(22)28(31)34)37-17-20-9-7-19(8-10-20)16-30-14-12-21(13-15-30)38(2,35)36/h3-5,7-10,21,23H,1,6,11-17H2,2H3,(H,29,32). The highest BCUT2D eigenvalue weighted by atomic mass is 32.2. The van der Waals surface area contributed by atoms with Crippen LogP contribution in [0.1, 0.15) is 57.5 Å². The third kappa shape index (κ3) is 5.23. The Balaban J connectivity index is 1.21. The molecule has 0 radical (unpaired) electrons. The molecule has 2 aromatic carbocycles. The first kappa shape index (κ1) is 26.1. The number of imide groups is 1. The molecule has 0 aliphatic carbocycles. The molecule has 3 amide bonds. The first-order valence-corrected chi connectivity index (χ1v) is 14.7. The van der Waals surface area contributed by atoms with E-state index in [1.165, 1.54) is 6.26 Å². The number of carbonyl (C=O) groups excluding carboxylic acids is 3. The van der Waals surface area contributed by atoms with E-state index >= 15 is 0 Å². The topological polar surface area (TPSA) is 113 Å². The zero-order chi connectivity index (χ0) is 27.0. The minimum atomic E-state index is -2.98. The Labute approximate surface area is 222 Å². The molecule has 0 aromatic heterocycles. The van der Waals surface area contributed by atoms with Gasteiger partial charge in [0, 0.05) is 18.5 Å². The van der Waals surface area contributed by atoms with Gasteiger partial charge in [-0.1, -0.05) is 36.9 Å². The Morgan fingerprint density at radius 1 is 0.974 bits per heavy atom. The number of hydrogen-bond acceptors (Lipinski definition) is 7. The number of ether oxygens (including phenoxy) is 1. The van der Waals surface area contributed by atoms with Crippen molar-refractivity contribution in [3.05, 3.63) is 77.0 Å². The second-order valence-corrected chi connectivity index (χ2v) is 12.5. The van der Waals surface area contributed by atoms with Crippen LogP contribution < -0.4 is 10.1 Å². The Bertz CT molecular complexity index is 1390. The zero-order valence-corrected chi connectivity index (χ0v) is 22.1. The molecule has 200 valence electrons. The monoisotopic (exact) mass is 537 g/mol. The number of nitrogens with one attached hydrogen (secondary N) is 1. The van der Waals surface area contributed by atoms with E-state index in [2.05, 4.69) is 16.8 Å². The lowest BCUT2D eigenvalue weighted by Crippen LogP contribution is -2.51. The van der Waals surface area contributed by atoms with Crippen molar-refractivity contribution in [1.82, 2.24) is 15.1 Å². The second-order valence-electron chi connectivity index (χ2n) is 10.2. The third-order valence-corrected chi connectivity index (χ3v) is 9.19. The predicted molar refractivity (Wildman–Crippen MR) is 141 cm³/mol. The summed E-state index contributed by atoms with van der Waals surface area (Å²) in [5.74, 6) is -1.11. The zero-order valence-electron chi connectivity index (χ0n) is 21.3. The number of fused-ring (bicyclic) bond motifs is 1. The highest BCUT2D eigenvalue weighted by molar-refractivity contribution is 7.91. The van der Waals surface area contributed by atoms with Crippen molar-refractivity contribution >= 4 is 27.6 Å². The van der Waals surface area contributed by atoms with Crippen molar-refractivity contribution < 1.29 is 27.5 Å². The first-order valence-electron chi connectivity index (χ1n) is 12.7. The van der Waals surface area contributed by atoms with Gasteiger partial charge in [-0.3, -0.25) is 24.2 Å². The molecule has 3 heterocycles. The molecule has 2 aromatic rings. The van der Waals surface area contributed by atoms with Crippen LogP contribution in [0.2, 0.25) is 0 Å². The highest BCUT2D eigenvalue weighted by Crippen LogP contribution is 2.34. The summed E-state index contributed by atoms with van der Waals surface area (Å²) in [4.78, 5) is 42.1. The molecule has 3 aliphatic heterocycles. The van der Waals surface area contributed by atoms with Crippen molar-refractivity contribution in [3.8, 4) is 5.75 Å². The molecule has 1 atom stereocenters. The maximum atomic E-state index is 13.3. The van der Waals surface area contributed by atoms with Gasteiger partial charge < -0.3 is 10.1 Å². The van der Waals surface area contributed by atoms with E-state index in [9.17, 15) is 22.8 Å². The Morgan fingerprint density at radius 3 is 2.32 bits per heavy atom. The summed E-state index contributed by atoms with van der Waals surface area (Å²) in [6.45, 7) is 6.22. The summed E-state index contributed by atoms with van der Waals surface area (Å²) in [5.41, 5.74) is 3.02. The number of hydrogen-bond donors (Lipinski definition) is 1. The van der Waals surface area contributed by atoms with Crippen molar-refractivity contribution in [2.75, 3.05) is 19.3 Å². The summed E-state index contributed by atoms with van der Waals surface area (Å²) in [6.07, 6.45) is 3.47. The van der Waals surface area contributed by atoms with E-state index in [0.29, 0.717) is 37.1 Å². The van der Waals surface area contributed by atoms with Crippen molar-refractivity contribution in [3.63, 3.8) is 0 Å². The fraction of sp³-hybridized carbons (Fsp3) is 0.393. The van der Waals surface area contributed by atoms with Gasteiger partial charge in [0.15, 0.2) is 0 Å². The number of sulfone groups is 1. The fourth-order valence-electron chi connectivity index (χ4n) is 5.34. The molecule has 38 heavy (non-hydrogen) atoms. The van der Waals surface area contributed by atoms with Crippen LogP contribution in [0.4, 0.5) is 0 Å². The number of amides is 3. The van der Waals surface area contributed by atoms with Crippen LogP contribution in [0.5, 0.6) is 5.75 Å². The number of benzene rings is 2. The Morgan fingerprint density at radius 2 is 1.66 bits per heavy atom. The van der Waals surface area contributed by atoms with E-state index in [4.69, 9.17) is 4.74 Å². The predicted octanol–water partition coefficient (Wildman–Crippen LogP) is 2.66. The van der Waals surface area contributed by atoms with Gasteiger partial charge in [0.2, 0.25) is 5.91 Å². The minimum Gasteiger partial charge on any atom is -0.488 e. The number of likely N-dealkylation sites (tertiary alicyclic amines) is 1. The van der Waals surface area contributed by atoms with Crippen LogP contribution >= 0.6 is 0 Å². The molecule has 9 nitrogen and oxygen atoms in total. The van der Waals surface area contributed by atoms with Gasteiger partial charge in [0.25, 0.3) is 11.8 Å².